The van der Waals surface area contributed by atoms with Crippen LogP contribution in [-0.2, 0) is 9.53 Å². The average Bonchev–Trinajstić information content (AvgIpc) is 3.33. The van der Waals surface area contributed by atoms with Gasteiger partial charge in [-0.1, -0.05) is 0 Å². The maximum atomic E-state index is 12.2. The number of hydrogen-bond acceptors (Lipinski definition) is 9. The molecule has 0 N–H and O–H groups in total. The summed E-state index contributed by atoms with van der Waals surface area (Å²) in [6.07, 6.45) is 1.50. The van der Waals surface area contributed by atoms with Crippen molar-refractivity contribution >= 4 is 23.6 Å². The molecule has 0 saturated heterocycles. The maximum absolute atomic E-state index is 12.2. The second-order valence-corrected chi connectivity index (χ2v) is 5.94. The number of methoxy groups -OCH3 is 2. The van der Waals surface area contributed by atoms with E-state index in [2.05, 4.69) is 4.99 Å². The van der Waals surface area contributed by atoms with E-state index in [9.17, 15) is 14.9 Å². The molecule has 0 aliphatic carbocycles. The number of nitrogens with zero attached hydrogens (tertiary/aromatic N) is 2. The third-order valence-electron chi connectivity index (χ3n) is 4.23. The van der Waals surface area contributed by atoms with E-state index in [0.717, 1.165) is 0 Å². The zero-order valence-corrected chi connectivity index (χ0v) is 15.3. The number of carbonyl (C=O) groups excluding carboxylic acids is 1. The molecule has 2 aromatic rings. The van der Waals surface area contributed by atoms with E-state index in [1.807, 2.05) is 0 Å². The molecule has 0 atom stereocenters. The zero-order chi connectivity index (χ0) is 20.5. The van der Waals surface area contributed by atoms with Crippen LogP contribution in [-0.4, -0.2) is 37.8 Å². The highest BCUT2D eigenvalue weighted by molar-refractivity contribution is 6.13. The first-order valence-electron chi connectivity index (χ1n) is 8.33. The fraction of sp³-hybridized carbons (Fsp3) is 0.158. The van der Waals surface area contributed by atoms with Crippen molar-refractivity contribution in [2.75, 3.05) is 21.0 Å². The molecule has 4 rings (SSSR count). The number of aliphatic imine (C=N–C) groups is 1. The third-order valence-corrected chi connectivity index (χ3v) is 4.23. The molecule has 0 fully saturated rings. The van der Waals surface area contributed by atoms with Crippen LogP contribution in [0.15, 0.2) is 41.0 Å². The quantitative estimate of drug-likeness (QED) is 0.326. The molecule has 29 heavy (non-hydrogen) atoms. The summed E-state index contributed by atoms with van der Waals surface area (Å²) >= 11 is 0. The summed E-state index contributed by atoms with van der Waals surface area (Å²) in [6, 6.07) is 7.51. The summed E-state index contributed by atoms with van der Waals surface area (Å²) in [4.78, 5) is 27.0. The highest BCUT2D eigenvalue weighted by Gasteiger charge is 2.27. The van der Waals surface area contributed by atoms with Gasteiger partial charge in [0.15, 0.2) is 22.9 Å². The number of nitro groups is 1. The van der Waals surface area contributed by atoms with Crippen molar-refractivity contribution in [1.29, 1.82) is 0 Å². The minimum atomic E-state index is -0.685. The van der Waals surface area contributed by atoms with Gasteiger partial charge >= 0.3 is 11.7 Å². The van der Waals surface area contributed by atoms with Crippen LogP contribution in [0.4, 0.5) is 5.69 Å². The molecule has 2 heterocycles. The van der Waals surface area contributed by atoms with Gasteiger partial charge in [-0.25, -0.2) is 9.79 Å². The van der Waals surface area contributed by atoms with Crippen LogP contribution >= 0.6 is 0 Å². The molecular formula is C19H14N2O8. The van der Waals surface area contributed by atoms with Gasteiger partial charge < -0.3 is 23.7 Å². The lowest BCUT2D eigenvalue weighted by molar-refractivity contribution is -0.385. The molecule has 0 bridgehead atoms. The van der Waals surface area contributed by atoms with Crippen LogP contribution in [0, 0.1) is 10.1 Å². The van der Waals surface area contributed by atoms with Crippen LogP contribution in [0.3, 0.4) is 0 Å². The molecule has 0 unspecified atom stereocenters. The van der Waals surface area contributed by atoms with Gasteiger partial charge in [-0.15, -0.1) is 0 Å². The van der Waals surface area contributed by atoms with Crippen molar-refractivity contribution in [3.63, 3.8) is 0 Å². The number of nitro benzene ring substituents is 1. The Balaban J connectivity index is 1.70. The van der Waals surface area contributed by atoms with Crippen molar-refractivity contribution in [3.8, 4) is 23.0 Å². The Morgan fingerprint density at radius 1 is 1.14 bits per heavy atom. The van der Waals surface area contributed by atoms with Crippen LogP contribution in [0.2, 0.25) is 0 Å². The first kappa shape index (κ1) is 18.3. The first-order chi connectivity index (χ1) is 14.0. The fourth-order valence-electron chi connectivity index (χ4n) is 2.89. The highest BCUT2D eigenvalue weighted by Crippen LogP contribution is 2.42. The number of ether oxygens (including phenoxy) is 5. The number of rotatable bonds is 5. The summed E-state index contributed by atoms with van der Waals surface area (Å²) in [5, 5.41) is 11.2. The Morgan fingerprint density at radius 2 is 1.93 bits per heavy atom. The van der Waals surface area contributed by atoms with Gasteiger partial charge in [-0.2, -0.15) is 0 Å². The predicted octanol–water partition coefficient (Wildman–Crippen LogP) is 2.69. The van der Waals surface area contributed by atoms with E-state index >= 15 is 0 Å². The molecule has 2 aliphatic heterocycles. The summed E-state index contributed by atoms with van der Waals surface area (Å²) < 4.78 is 26.1. The van der Waals surface area contributed by atoms with E-state index in [4.69, 9.17) is 23.7 Å². The Kier molecular flexibility index (Phi) is 4.51. The van der Waals surface area contributed by atoms with E-state index in [0.29, 0.717) is 22.8 Å². The fourth-order valence-corrected chi connectivity index (χ4v) is 2.89. The van der Waals surface area contributed by atoms with E-state index < -0.39 is 10.9 Å². The van der Waals surface area contributed by atoms with Gasteiger partial charge in [0.05, 0.1) is 19.1 Å². The lowest BCUT2D eigenvalue weighted by Gasteiger charge is -2.05. The molecule has 0 spiro atoms. The van der Waals surface area contributed by atoms with Gasteiger partial charge in [-0.05, 0) is 35.9 Å². The number of benzene rings is 2. The van der Waals surface area contributed by atoms with Gasteiger partial charge in [0.25, 0.3) is 0 Å². The SMILES string of the molecule is COc1ccc(C2=N/C(=C\c3cc(OC)c4c(c3)OCO4)C(=O)O2)cc1[N+](=O)[O-]. The number of cyclic esters (lactones) is 1. The topological polar surface area (TPSA) is 119 Å². The normalized spacial score (nSPS) is 15.9. The van der Waals surface area contributed by atoms with Crippen LogP contribution in [0.5, 0.6) is 23.0 Å². The Bertz CT molecular complexity index is 1090. The Labute approximate surface area is 164 Å². The van der Waals surface area contributed by atoms with Crippen LogP contribution in [0.25, 0.3) is 6.08 Å². The molecule has 148 valence electrons. The number of fused-ring (bicyclic) bond motifs is 1. The van der Waals surface area contributed by atoms with E-state index in [1.54, 1.807) is 12.1 Å². The van der Waals surface area contributed by atoms with Gasteiger partial charge in [0, 0.05) is 11.6 Å². The Hall–Kier alpha value is -4.08. The molecule has 0 radical (unpaired) electrons. The molecule has 2 aromatic carbocycles. The third kappa shape index (κ3) is 3.31. The summed E-state index contributed by atoms with van der Waals surface area (Å²) in [6.45, 7) is 0.0757. The molecular weight excluding hydrogens is 384 g/mol. The molecule has 0 saturated carbocycles. The van der Waals surface area contributed by atoms with Crippen molar-refractivity contribution < 1.29 is 33.4 Å². The summed E-state index contributed by atoms with van der Waals surface area (Å²) in [5.41, 5.74) is 0.627. The lowest BCUT2D eigenvalue weighted by Crippen LogP contribution is -2.06. The van der Waals surface area contributed by atoms with Crippen molar-refractivity contribution in [3.05, 3.63) is 57.3 Å². The van der Waals surface area contributed by atoms with E-state index in [1.165, 1.54) is 38.5 Å². The second-order valence-electron chi connectivity index (χ2n) is 5.94. The largest absolute Gasteiger partial charge is 0.493 e. The molecule has 0 aromatic heterocycles. The predicted molar refractivity (Wildman–Crippen MR) is 99.4 cm³/mol. The summed E-state index contributed by atoms with van der Waals surface area (Å²) in [7, 11) is 2.82. The smallest absolute Gasteiger partial charge is 0.363 e. The molecule has 0 amide bonds. The minimum Gasteiger partial charge on any atom is -0.493 e. The van der Waals surface area contributed by atoms with Crippen LogP contribution < -0.4 is 18.9 Å². The van der Waals surface area contributed by atoms with Gasteiger partial charge in [0.1, 0.15) is 0 Å². The first-order valence-corrected chi connectivity index (χ1v) is 8.33. The van der Waals surface area contributed by atoms with Crippen molar-refractivity contribution in [2.24, 2.45) is 4.99 Å². The standard InChI is InChI=1S/C19H14N2O8/c1-25-14-4-3-11(8-13(14)21(23)24)18-20-12(19(22)29-18)5-10-6-15(26-2)17-16(7-10)27-9-28-17/h3-8H,9H2,1-2H3/b12-5-. The molecule has 10 heteroatoms. The highest BCUT2D eigenvalue weighted by atomic mass is 16.7. The lowest BCUT2D eigenvalue weighted by atomic mass is 10.1. The monoisotopic (exact) mass is 398 g/mol. The minimum absolute atomic E-state index is 0.0272. The summed E-state index contributed by atoms with van der Waals surface area (Å²) in [5.74, 6) is 0.783. The van der Waals surface area contributed by atoms with Crippen LogP contribution in [0.1, 0.15) is 11.1 Å². The maximum Gasteiger partial charge on any atom is 0.363 e. The molecule has 10 nitrogen and oxygen atoms in total. The second kappa shape index (κ2) is 7.15. The van der Waals surface area contributed by atoms with Gasteiger partial charge in [0.2, 0.25) is 18.4 Å². The van der Waals surface area contributed by atoms with Gasteiger partial charge in [-0.3, -0.25) is 10.1 Å². The average molecular weight is 398 g/mol. The number of hydrogen-bond donors (Lipinski definition) is 0. The zero-order valence-electron chi connectivity index (χ0n) is 15.3. The number of esters is 1. The van der Waals surface area contributed by atoms with Crippen molar-refractivity contribution in [1.82, 2.24) is 0 Å². The van der Waals surface area contributed by atoms with Crippen molar-refractivity contribution in [2.45, 2.75) is 0 Å². The molecule has 2 aliphatic rings. The van der Waals surface area contributed by atoms with E-state index in [-0.39, 0.29) is 35.4 Å². The Morgan fingerprint density at radius 3 is 2.66 bits per heavy atom. The number of carbonyl (C=O) groups is 1.